The molecule has 1 aliphatic rings. The van der Waals surface area contributed by atoms with E-state index in [-0.39, 0.29) is 30.3 Å². The van der Waals surface area contributed by atoms with E-state index in [0.717, 1.165) is 22.1 Å². The summed E-state index contributed by atoms with van der Waals surface area (Å²) in [5.41, 5.74) is -0.685. The van der Waals surface area contributed by atoms with Crippen LogP contribution < -0.4 is 21.5 Å². The topological polar surface area (TPSA) is 116 Å². The number of aryl methyl sites for hydroxylation is 1. The van der Waals surface area contributed by atoms with Crippen molar-refractivity contribution in [2.75, 3.05) is 18.0 Å². The summed E-state index contributed by atoms with van der Waals surface area (Å²) in [4.78, 5) is 50.8. The zero-order valence-corrected chi connectivity index (χ0v) is 24.5. The molecular formula is C28H32FN7O4S. The molecule has 1 aliphatic heterocycles. The second-order valence-electron chi connectivity index (χ2n) is 11.0. The average molecular weight is 582 g/mol. The Morgan fingerprint density at radius 1 is 1.24 bits per heavy atom. The molecule has 1 fully saturated rings. The largest absolute Gasteiger partial charge is 0.444 e. The van der Waals surface area contributed by atoms with Gasteiger partial charge in [-0.25, -0.2) is 19.0 Å². The SMILES string of the molecule is CC#CCn1c(N2CCC[C@@H](NC(=O)OC(C)(C)C)C2)nc2c1c(=O)n(Cc1nc3cc(F)ccc3s1)c(=O)n2C. The molecule has 1 saturated heterocycles. The van der Waals surface area contributed by atoms with Gasteiger partial charge in [0.15, 0.2) is 11.2 Å². The maximum atomic E-state index is 13.9. The first kappa shape index (κ1) is 28.4. The molecule has 4 aromatic rings. The third-order valence-corrected chi connectivity index (χ3v) is 7.76. The number of carbonyl (C=O) groups excluding carboxylic acids is 1. The minimum Gasteiger partial charge on any atom is -0.444 e. The number of halogens is 1. The molecule has 1 atom stereocenters. The highest BCUT2D eigenvalue weighted by Gasteiger charge is 2.29. The van der Waals surface area contributed by atoms with Crippen LogP contribution in [0.2, 0.25) is 0 Å². The number of fused-ring (bicyclic) bond motifs is 2. The van der Waals surface area contributed by atoms with Gasteiger partial charge in [0, 0.05) is 32.2 Å². The van der Waals surface area contributed by atoms with E-state index in [1.54, 1.807) is 24.6 Å². The van der Waals surface area contributed by atoms with Gasteiger partial charge in [-0.2, -0.15) is 4.98 Å². The van der Waals surface area contributed by atoms with Gasteiger partial charge >= 0.3 is 11.8 Å². The summed E-state index contributed by atoms with van der Waals surface area (Å²) in [5, 5.41) is 3.45. The van der Waals surface area contributed by atoms with Crippen molar-refractivity contribution in [1.82, 2.24) is 29.0 Å². The summed E-state index contributed by atoms with van der Waals surface area (Å²) in [6, 6.07) is 4.12. The van der Waals surface area contributed by atoms with E-state index in [9.17, 15) is 18.8 Å². The van der Waals surface area contributed by atoms with E-state index in [1.807, 2.05) is 25.7 Å². The second kappa shape index (κ2) is 11.0. The van der Waals surface area contributed by atoms with Gasteiger partial charge in [0.1, 0.15) is 16.4 Å². The molecule has 41 heavy (non-hydrogen) atoms. The van der Waals surface area contributed by atoms with Crippen LogP contribution in [-0.4, -0.2) is 54.5 Å². The van der Waals surface area contributed by atoms with Gasteiger partial charge in [0.25, 0.3) is 5.56 Å². The first-order valence-corrected chi connectivity index (χ1v) is 14.2. The number of nitrogens with one attached hydrogen (secondary N) is 1. The summed E-state index contributed by atoms with van der Waals surface area (Å²) in [6.07, 6.45) is 1.06. The molecule has 11 nitrogen and oxygen atoms in total. The van der Waals surface area contributed by atoms with Crippen molar-refractivity contribution in [3.05, 3.63) is 49.9 Å². The van der Waals surface area contributed by atoms with Gasteiger partial charge in [-0.1, -0.05) is 5.92 Å². The van der Waals surface area contributed by atoms with Gasteiger partial charge < -0.3 is 15.0 Å². The molecule has 1 amide bonds. The van der Waals surface area contributed by atoms with Crippen LogP contribution in [0.25, 0.3) is 21.4 Å². The minimum absolute atomic E-state index is 0.0615. The monoisotopic (exact) mass is 581 g/mol. The summed E-state index contributed by atoms with van der Waals surface area (Å²) >= 11 is 1.30. The molecule has 5 rings (SSSR count). The summed E-state index contributed by atoms with van der Waals surface area (Å²) < 4.78 is 24.1. The van der Waals surface area contributed by atoms with Crippen molar-refractivity contribution in [3.63, 3.8) is 0 Å². The Hall–Kier alpha value is -4.18. The highest BCUT2D eigenvalue weighted by molar-refractivity contribution is 7.18. The smallest absolute Gasteiger partial charge is 0.407 e. The van der Waals surface area contributed by atoms with E-state index < -0.39 is 28.8 Å². The summed E-state index contributed by atoms with van der Waals surface area (Å²) in [5.74, 6) is 5.98. The molecule has 4 heterocycles. The average Bonchev–Trinajstić information content (AvgIpc) is 3.48. The molecule has 3 aromatic heterocycles. The molecule has 0 radical (unpaired) electrons. The Morgan fingerprint density at radius 2 is 2.02 bits per heavy atom. The Bertz CT molecular complexity index is 1820. The van der Waals surface area contributed by atoms with Crippen LogP contribution in [0.5, 0.6) is 0 Å². The highest BCUT2D eigenvalue weighted by Crippen LogP contribution is 2.25. The van der Waals surface area contributed by atoms with Crippen molar-refractivity contribution in [2.24, 2.45) is 7.05 Å². The number of alkyl carbamates (subject to hydrolysis) is 1. The molecule has 13 heteroatoms. The second-order valence-corrected chi connectivity index (χ2v) is 12.1. The summed E-state index contributed by atoms with van der Waals surface area (Å²) in [7, 11) is 1.57. The number of benzene rings is 1. The Kier molecular flexibility index (Phi) is 7.61. The normalized spacial score (nSPS) is 15.7. The molecule has 0 bridgehead atoms. The summed E-state index contributed by atoms with van der Waals surface area (Å²) in [6.45, 7) is 8.38. The van der Waals surface area contributed by atoms with E-state index in [4.69, 9.17) is 9.72 Å². The number of nitrogens with zero attached hydrogens (tertiary/aromatic N) is 6. The van der Waals surface area contributed by atoms with E-state index >= 15 is 0 Å². The lowest BCUT2D eigenvalue weighted by molar-refractivity contribution is 0.0499. The Balaban J connectivity index is 1.54. The fourth-order valence-corrected chi connectivity index (χ4v) is 5.89. The predicted octanol–water partition coefficient (Wildman–Crippen LogP) is 3.21. The standard InChI is InChI=1S/C28H32FN7O4S/c1-6-7-13-35-22-23(32-25(35)34-12-8-9-18(15-34)30-26(38)40-28(2,3)4)33(5)27(39)36(24(22)37)16-21-31-19-14-17(29)10-11-20(19)41-21/h10-11,14,18H,8-9,12-13,15-16H2,1-5H3,(H,30,38)/t18-/m1/s1. The van der Waals surface area contributed by atoms with Crippen molar-refractivity contribution in [3.8, 4) is 11.8 Å². The van der Waals surface area contributed by atoms with E-state index in [2.05, 4.69) is 22.1 Å². The molecule has 0 unspecified atom stereocenters. The number of aromatic nitrogens is 5. The molecule has 0 spiro atoms. The maximum Gasteiger partial charge on any atom is 0.407 e. The number of piperidine rings is 1. The van der Waals surface area contributed by atoms with Crippen LogP contribution in [0.3, 0.4) is 0 Å². The van der Waals surface area contributed by atoms with Crippen LogP contribution in [0.4, 0.5) is 15.1 Å². The molecule has 0 saturated carbocycles. The van der Waals surface area contributed by atoms with Crippen molar-refractivity contribution in [2.45, 2.75) is 65.3 Å². The fourth-order valence-electron chi connectivity index (χ4n) is 4.95. The van der Waals surface area contributed by atoms with E-state index in [0.29, 0.717) is 29.6 Å². The highest BCUT2D eigenvalue weighted by atomic mass is 32.1. The minimum atomic E-state index is -0.614. The Morgan fingerprint density at radius 3 is 2.76 bits per heavy atom. The maximum absolute atomic E-state index is 13.9. The number of ether oxygens (including phenoxy) is 1. The van der Waals surface area contributed by atoms with Gasteiger partial charge in [-0.15, -0.1) is 17.3 Å². The van der Waals surface area contributed by atoms with E-state index in [1.165, 1.54) is 28.0 Å². The number of carbonyl (C=O) groups is 1. The number of imidazole rings is 1. The number of rotatable bonds is 5. The van der Waals surface area contributed by atoms with Crippen LogP contribution in [0, 0.1) is 17.7 Å². The Labute approximate surface area is 239 Å². The van der Waals surface area contributed by atoms with Gasteiger partial charge in [0.2, 0.25) is 5.95 Å². The van der Waals surface area contributed by atoms with Crippen LogP contribution in [-0.2, 0) is 24.9 Å². The molecule has 1 N–H and O–H groups in total. The lowest BCUT2D eigenvalue weighted by Gasteiger charge is -2.34. The predicted molar refractivity (Wildman–Crippen MR) is 156 cm³/mol. The number of anilines is 1. The van der Waals surface area contributed by atoms with Crippen molar-refractivity contribution >= 4 is 44.8 Å². The molecule has 216 valence electrons. The zero-order chi connectivity index (χ0) is 29.5. The van der Waals surface area contributed by atoms with Gasteiger partial charge in [-0.3, -0.25) is 18.5 Å². The lowest BCUT2D eigenvalue weighted by Crippen LogP contribution is -2.49. The molecule has 0 aliphatic carbocycles. The van der Waals surface area contributed by atoms with Crippen LogP contribution >= 0.6 is 11.3 Å². The lowest BCUT2D eigenvalue weighted by atomic mass is 10.1. The number of hydrogen-bond acceptors (Lipinski definition) is 8. The number of amides is 1. The van der Waals surface area contributed by atoms with Gasteiger partial charge in [0.05, 0.1) is 23.3 Å². The third kappa shape index (κ3) is 5.83. The van der Waals surface area contributed by atoms with Crippen molar-refractivity contribution in [1.29, 1.82) is 0 Å². The number of thiazole rings is 1. The quantitative estimate of drug-likeness (QED) is 0.360. The van der Waals surface area contributed by atoms with Crippen LogP contribution in [0.15, 0.2) is 27.8 Å². The zero-order valence-electron chi connectivity index (χ0n) is 23.7. The first-order valence-electron chi connectivity index (χ1n) is 13.3. The molecule has 1 aromatic carbocycles. The van der Waals surface area contributed by atoms with Gasteiger partial charge in [-0.05, 0) is 52.7 Å². The molecular weight excluding hydrogens is 549 g/mol. The van der Waals surface area contributed by atoms with Crippen LogP contribution in [0.1, 0.15) is 45.5 Å². The third-order valence-electron chi connectivity index (χ3n) is 6.74. The van der Waals surface area contributed by atoms with Crippen molar-refractivity contribution < 1.29 is 13.9 Å². The number of hydrogen-bond donors (Lipinski definition) is 1. The fraction of sp³-hybridized carbons (Fsp3) is 0.464. The first-order chi connectivity index (χ1) is 19.4.